The molecular weight excluding hydrogens is 761 g/mol. The molecule has 0 unspecified atom stereocenters. The van der Waals surface area contributed by atoms with Crippen LogP contribution >= 0.6 is 0 Å². The number of fused-ring (bicyclic) bond motifs is 3. The Hall–Kier alpha value is -7.82. The lowest BCUT2D eigenvalue weighted by Gasteiger charge is -2.24. The van der Waals surface area contributed by atoms with Crippen molar-refractivity contribution in [2.45, 2.75) is 0 Å². The zero-order valence-electron chi connectivity index (χ0n) is 35.1. The highest BCUT2D eigenvalue weighted by molar-refractivity contribution is 6.31. The number of hydrogen-bond donors (Lipinski definition) is 0. The van der Waals surface area contributed by atoms with Crippen LogP contribution in [0.5, 0.6) is 23.0 Å². The van der Waals surface area contributed by atoms with E-state index >= 15 is 0 Å². The Labute approximate surface area is 362 Å². The molecule has 0 fully saturated rings. The lowest BCUT2D eigenvalue weighted by molar-refractivity contribution is 0.414. The number of hydrogen-bond acceptors (Lipinski definition) is 4. The van der Waals surface area contributed by atoms with Gasteiger partial charge < -0.3 is 18.9 Å². The molecule has 10 aromatic rings. The van der Waals surface area contributed by atoms with Gasteiger partial charge in [0.05, 0.1) is 28.4 Å². The molecule has 62 heavy (non-hydrogen) atoms. The maximum Gasteiger partial charge on any atom is 0.120 e. The standard InChI is InChI=1S/C58H44O4/c1-59-46-27-23-41(24-28-46)51-35-49(62-4)36-53-56(43-21-17-40(18-22-43)38-13-9-6-10-14-38)58-52(55(57(51)53)42-19-15-39(16-20-42)37-11-7-5-8-12-37)34-45-33-48(61-3)31-32-50(45)54(58)44-25-29-47(60-2)30-26-44/h5-36H,1-4H3. The van der Waals surface area contributed by atoms with Gasteiger partial charge >= 0.3 is 0 Å². The normalized spacial score (nSPS) is 11.2. The SMILES string of the molecule is COc1ccc(-c2cc(OC)cc3c(-c4ccc(-c5ccccc5)cc4)c4c(-c5ccc(OC)cc5)c5ccc(OC)cc5cc4c(-c4ccc(-c5ccccc5)cc4)c23)cc1. The predicted octanol–water partition coefficient (Wildman–Crippen LogP) is 15.2. The molecular formula is C58H44O4. The van der Waals surface area contributed by atoms with E-state index < -0.39 is 0 Å². The van der Waals surface area contributed by atoms with Gasteiger partial charge in [0.15, 0.2) is 0 Å². The molecule has 0 radical (unpaired) electrons. The summed E-state index contributed by atoms with van der Waals surface area (Å²) in [7, 11) is 6.89. The van der Waals surface area contributed by atoms with Crippen molar-refractivity contribution >= 4 is 32.3 Å². The van der Waals surface area contributed by atoms with Crippen LogP contribution in [0.1, 0.15) is 0 Å². The second-order valence-electron chi connectivity index (χ2n) is 15.5. The van der Waals surface area contributed by atoms with Crippen molar-refractivity contribution in [3.05, 3.63) is 194 Å². The smallest absolute Gasteiger partial charge is 0.120 e. The third kappa shape index (κ3) is 6.86. The molecule has 0 N–H and O–H groups in total. The first kappa shape index (κ1) is 38.4. The van der Waals surface area contributed by atoms with Crippen LogP contribution in [0.15, 0.2) is 194 Å². The molecule has 0 saturated carbocycles. The van der Waals surface area contributed by atoms with Crippen molar-refractivity contribution in [3.63, 3.8) is 0 Å². The van der Waals surface area contributed by atoms with E-state index in [1.165, 1.54) is 11.1 Å². The van der Waals surface area contributed by atoms with Crippen molar-refractivity contribution < 1.29 is 18.9 Å². The number of benzene rings is 10. The lowest BCUT2D eigenvalue weighted by Crippen LogP contribution is -1.98. The highest BCUT2D eigenvalue weighted by Crippen LogP contribution is 2.53. The Bertz CT molecular complexity index is 3210. The Morgan fingerprint density at radius 3 is 1.15 bits per heavy atom. The molecule has 10 aromatic carbocycles. The first-order valence-electron chi connectivity index (χ1n) is 20.8. The van der Waals surface area contributed by atoms with E-state index in [0.717, 1.165) is 111 Å². The van der Waals surface area contributed by atoms with Gasteiger partial charge in [-0.05, 0) is 154 Å². The molecule has 0 spiro atoms. The Morgan fingerprint density at radius 2 is 0.645 bits per heavy atom. The van der Waals surface area contributed by atoms with Crippen LogP contribution in [0.3, 0.4) is 0 Å². The van der Waals surface area contributed by atoms with E-state index in [2.05, 4.69) is 170 Å². The van der Waals surface area contributed by atoms with E-state index in [1.807, 2.05) is 24.3 Å². The number of ether oxygens (including phenoxy) is 4. The summed E-state index contributed by atoms with van der Waals surface area (Å²) in [5.74, 6) is 3.17. The molecule has 0 aliphatic rings. The average molecular weight is 805 g/mol. The van der Waals surface area contributed by atoms with E-state index in [4.69, 9.17) is 18.9 Å². The molecule has 0 aliphatic heterocycles. The second-order valence-corrected chi connectivity index (χ2v) is 15.5. The first-order valence-corrected chi connectivity index (χ1v) is 20.8. The van der Waals surface area contributed by atoms with Crippen LogP contribution in [0, 0.1) is 0 Å². The van der Waals surface area contributed by atoms with Crippen LogP contribution in [0.4, 0.5) is 0 Å². The summed E-state index contributed by atoms with van der Waals surface area (Å²) in [4.78, 5) is 0. The maximum absolute atomic E-state index is 6.20. The quantitative estimate of drug-likeness (QED) is 0.129. The van der Waals surface area contributed by atoms with Gasteiger partial charge in [-0.15, -0.1) is 0 Å². The molecule has 0 aliphatic carbocycles. The van der Waals surface area contributed by atoms with Gasteiger partial charge in [-0.2, -0.15) is 0 Å². The molecule has 0 bridgehead atoms. The molecule has 0 heterocycles. The van der Waals surface area contributed by atoms with Crippen molar-refractivity contribution in [1.29, 1.82) is 0 Å². The Balaban J connectivity index is 1.42. The third-order valence-electron chi connectivity index (χ3n) is 12.1. The fraction of sp³-hybridized carbons (Fsp3) is 0.0690. The van der Waals surface area contributed by atoms with Crippen molar-refractivity contribution in [3.8, 4) is 89.8 Å². The fourth-order valence-corrected chi connectivity index (χ4v) is 9.01. The van der Waals surface area contributed by atoms with Gasteiger partial charge in [0.2, 0.25) is 0 Å². The highest BCUT2D eigenvalue weighted by Gasteiger charge is 2.25. The van der Waals surface area contributed by atoms with Crippen LogP contribution < -0.4 is 18.9 Å². The van der Waals surface area contributed by atoms with Crippen LogP contribution in [0.2, 0.25) is 0 Å². The van der Waals surface area contributed by atoms with Gasteiger partial charge in [-0.1, -0.05) is 140 Å². The van der Waals surface area contributed by atoms with Gasteiger partial charge in [0, 0.05) is 0 Å². The van der Waals surface area contributed by atoms with Gasteiger partial charge in [0.1, 0.15) is 23.0 Å². The zero-order valence-corrected chi connectivity index (χ0v) is 35.1. The van der Waals surface area contributed by atoms with Gasteiger partial charge in [-0.25, -0.2) is 0 Å². The molecule has 0 atom stereocenters. The summed E-state index contributed by atoms with van der Waals surface area (Å²) in [6.45, 7) is 0. The number of rotatable bonds is 10. The zero-order chi connectivity index (χ0) is 42.2. The predicted molar refractivity (Wildman–Crippen MR) is 258 cm³/mol. The largest absolute Gasteiger partial charge is 0.497 e. The maximum atomic E-state index is 6.20. The monoisotopic (exact) mass is 804 g/mol. The molecule has 300 valence electrons. The van der Waals surface area contributed by atoms with E-state index in [-0.39, 0.29) is 0 Å². The highest BCUT2D eigenvalue weighted by atomic mass is 16.5. The molecule has 0 saturated heterocycles. The van der Waals surface area contributed by atoms with E-state index in [1.54, 1.807) is 28.4 Å². The topological polar surface area (TPSA) is 36.9 Å². The van der Waals surface area contributed by atoms with Crippen LogP contribution in [-0.2, 0) is 0 Å². The van der Waals surface area contributed by atoms with Crippen molar-refractivity contribution in [2.24, 2.45) is 0 Å². The average Bonchev–Trinajstić information content (AvgIpc) is 3.35. The van der Waals surface area contributed by atoms with Crippen molar-refractivity contribution in [2.75, 3.05) is 28.4 Å². The summed E-state index contributed by atoms with van der Waals surface area (Å²) < 4.78 is 23.4. The van der Waals surface area contributed by atoms with E-state index in [0.29, 0.717) is 0 Å². The molecule has 0 amide bonds. The van der Waals surface area contributed by atoms with Gasteiger partial charge in [0.25, 0.3) is 0 Å². The number of methoxy groups -OCH3 is 4. The summed E-state index contributed by atoms with van der Waals surface area (Å²) in [6, 6.07) is 69.1. The van der Waals surface area contributed by atoms with Gasteiger partial charge in [-0.3, -0.25) is 0 Å². The second kappa shape index (κ2) is 16.3. The fourth-order valence-electron chi connectivity index (χ4n) is 9.01. The molecule has 10 rings (SSSR count). The molecule has 4 nitrogen and oxygen atoms in total. The minimum atomic E-state index is 0.770. The molecule has 0 aromatic heterocycles. The molecule has 4 heteroatoms. The summed E-state index contributed by atoms with van der Waals surface area (Å²) >= 11 is 0. The van der Waals surface area contributed by atoms with Crippen LogP contribution in [0.25, 0.3) is 99.1 Å². The summed E-state index contributed by atoms with van der Waals surface area (Å²) in [5, 5.41) is 6.67. The Kier molecular flexibility index (Phi) is 10.1. The first-order chi connectivity index (χ1) is 30.5. The Morgan fingerprint density at radius 1 is 0.258 bits per heavy atom. The van der Waals surface area contributed by atoms with Crippen LogP contribution in [-0.4, -0.2) is 28.4 Å². The van der Waals surface area contributed by atoms with E-state index in [9.17, 15) is 0 Å². The minimum Gasteiger partial charge on any atom is -0.497 e. The minimum absolute atomic E-state index is 0.770. The third-order valence-corrected chi connectivity index (χ3v) is 12.1. The summed E-state index contributed by atoms with van der Waals surface area (Å²) in [6.07, 6.45) is 0. The summed E-state index contributed by atoms with van der Waals surface area (Å²) in [5.41, 5.74) is 13.4. The van der Waals surface area contributed by atoms with Crippen molar-refractivity contribution in [1.82, 2.24) is 0 Å². The lowest BCUT2D eigenvalue weighted by atomic mass is 9.79.